The normalized spacial score (nSPS) is 22.4. The van der Waals surface area contributed by atoms with Gasteiger partial charge in [0.25, 0.3) is 0 Å². The van der Waals surface area contributed by atoms with Gasteiger partial charge in [-0.1, -0.05) is 30.3 Å². The predicted molar refractivity (Wildman–Crippen MR) is 86.7 cm³/mol. The SMILES string of the molecule is Cc1ncsc1CCC1CC(c2ccccc2)CCC1=O. The van der Waals surface area contributed by atoms with Crippen LogP contribution in [0.25, 0.3) is 0 Å². The van der Waals surface area contributed by atoms with Gasteiger partial charge < -0.3 is 0 Å². The molecule has 0 radical (unpaired) electrons. The third-order valence-electron chi connectivity index (χ3n) is 4.60. The summed E-state index contributed by atoms with van der Waals surface area (Å²) < 4.78 is 0. The number of Topliss-reactive ketones (excluding diaryl/α,β-unsaturated/α-hetero) is 1. The van der Waals surface area contributed by atoms with Crippen molar-refractivity contribution in [3.8, 4) is 0 Å². The van der Waals surface area contributed by atoms with Gasteiger partial charge in [0.2, 0.25) is 0 Å². The van der Waals surface area contributed by atoms with Crippen LogP contribution in [0.2, 0.25) is 0 Å². The third-order valence-corrected chi connectivity index (χ3v) is 5.59. The minimum atomic E-state index is 0.227. The molecule has 0 N–H and O–H groups in total. The number of rotatable bonds is 4. The molecule has 1 aromatic carbocycles. The van der Waals surface area contributed by atoms with E-state index in [-0.39, 0.29) is 5.92 Å². The molecular formula is C18H21NOS. The van der Waals surface area contributed by atoms with Crippen LogP contribution in [-0.2, 0) is 11.2 Å². The highest BCUT2D eigenvalue weighted by atomic mass is 32.1. The van der Waals surface area contributed by atoms with Gasteiger partial charge in [0.15, 0.2) is 0 Å². The fraction of sp³-hybridized carbons (Fsp3) is 0.444. The number of aryl methyl sites for hydroxylation is 2. The van der Waals surface area contributed by atoms with Crippen LogP contribution in [0.15, 0.2) is 35.8 Å². The maximum absolute atomic E-state index is 12.2. The van der Waals surface area contributed by atoms with Crippen molar-refractivity contribution in [3.05, 3.63) is 52.0 Å². The van der Waals surface area contributed by atoms with E-state index in [9.17, 15) is 4.79 Å². The van der Waals surface area contributed by atoms with E-state index < -0.39 is 0 Å². The number of ketones is 1. The molecule has 2 unspecified atom stereocenters. The Bertz CT molecular complexity index is 605. The number of aromatic nitrogens is 1. The molecule has 0 spiro atoms. The van der Waals surface area contributed by atoms with Gasteiger partial charge >= 0.3 is 0 Å². The van der Waals surface area contributed by atoms with Gasteiger partial charge in [-0.2, -0.15) is 0 Å². The molecule has 3 heteroatoms. The lowest BCUT2D eigenvalue weighted by Gasteiger charge is -2.28. The second-order valence-corrected chi connectivity index (χ2v) is 6.88. The molecule has 110 valence electrons. The molecule has 3 rings (SSSR count). The monoisotopic (exact) mass is 299 g/mol. The average molecular weight is 299 g/mol. The minimum Gasteiger partial charge on any atom is -0.299 e. The zero-order chi connectivity index (χ0) is 14.7. The van der Waals surface area contributed by atoms with E-state index in [1.165, 1.54) is 10.4 Å². The molecule has 0 aliphatic heterocycles. The summed E-state index contributed by atoms with van der Waals surface area (Å²) >= 11 is 1.71. The molecule has 1 aliphatic carbocycles. The summed E-state index contributed by atoms with van der Waals surface area (Å²) in [5.74, 6) is 1.24. The molecule has 0 saturated heterocycles. The van der Waals surface area contributed by atoms with Gasteiger partial charge in [-0.05, 0) is 44.1 Å². The highest BCUT2D eigenvalue weighted by molar-refractivity contribution is 7.09. The van der Waals surface area contributed by atoms with Gasteiger partial charge in [-0.15, -0.1) is 11.3 Å². The van der Waals surface area contributed by atoms with Gasteiger partial charge in [-0.25, -0.2) is 4.98 Å². The van der Waals surface area contributed by atoms with Crippen LogP contribution in [0.5, 0.6) is 0 Å². The number of hydrogen-bond acceptors (Lipinski definition) is 3. The quantitative estimate of drug-likeness (QED) is 0.829. The lowest BCUT2D eigenvalue weighted by Crippen LogP contribution is -2.24. The fourth-order valence-corrected chi connectivity index (χ4v) is 4.09. The lowest BCUT2D eigenvalue weighted by molar-refractivity contribution is -0.125. The van der Waals surface area contributed by atoms with E-state index in [0.29, 0.717) is 11.7 Å². The Morgan fingerprint density at radius 3 is 2.81 bits per heavy atom. The standard InChI is InChI=1S/C18H21NOS/c1-13-18(21-12-19-13)10-8-16-11-15(7-9-17(16)20)14-5-3-2-4-6-14/h2-6,12,15-16H,7-11H2,1H3. The Labute approximate surface area is 130 Å². The van der Waals surface area contributed by atoms with E-state index in [2.05, 4.69) is 42.2 Å². The van der Waals surface area contributed by atoms with Crippen molar-refractivity contribution < 1.29 is 4.79 Å². The van der Waals surface area contributed by atoms with Crippen molar-refractivity contribution in [3.63, 3.8) is 0 Å². The van der Waals surface area contributed by atoms with Gasteiger partial charge in [0, 0.05) is 17.2 Å². The summed E-state index contributed by atoms with van der Waals surface area (Å²) in [4.78, 5) is 17.8. The molecule has 2 aromatic rings. The molecule has 1 saturated carbocycles. The molecule has 1 aromatic heterocycles. The van der Waals surface area contributed by atoms with E-state index in [0.717, 1.165) is 37.8 Å². The first-order valence-corrected chi connectivity index (χ1v) is 8.58. The average Bonchev–Trinajstić information content (AvgIpc) is 2.93. The van der Waals surface area contributed by atoms with Crippen LogP contribution in [0.3, 0.4) is 0 Å². The van der Waals surface area contributed by atoms with Crippen molar-refractivity contribution >= 4 is 17.1 Å². The smallest absolute Gasteiger partial charge is 0.136 e. The van der Waals surface area contributed by atoms with Crippen LogP contribution < -0.4 is 0 Å². The summed E-state index contributed by atoms with van der Waals surface area (Å²) in [5, 5.41) is 0. The van der Waals surface area contributed by atoms with Crippen molar-refractivity contribution in [2.45, 2.75) is 44.9 Å². The first-order chi connectivity index (χ1) is 10.2. The largest absolute Gasteiger partial charge is 0.299 e. The number of carbonyl (C=O) groups is 1. The minimum absolute atomic E-state index is 0.227. The molecule has 2 atom stereocenters. The van der Waals surface area contributed by atoms with Crippen molar-refractivity contribution in [1.29, 1.82) is 0 Å². The Balaban J connectivity index is 1.64. The van der Waals surface area contributed by atoms with Crippen molar-refractivity contribution in [1.82, 2.24) is 4.98 Å². The van der Waals surface area contributed by atoms with Gasteiger partial charge in [0.1, 0.15) is 5.78 Å². The number of thiazole rings is 1. The van der Waals surface area contributed by atoms with Crippen LogP contribution >= 0.6 is 11.3 Å². The van der Waals surface area contributed by atoms with Crippen LogP contribution in [0.4, 0.5) is 0 Å². The van der Waals surface area contributed by atoms with E-state index >= 15 is 0 Å². The Morgan fingerprint density at radius 1 is 1.29 bits per heavy atom. The third kappa shape index (κ3) is 3.41. The lowest BCUT2D eigenvalue weighted by atomic mass is 9.75. The molecule has 1 fully saturated rings. The number of benzene rings is 1. The molecule has 1 aliphatic rings. The highest BCUT2D eigenvalue weighted by Crippen LogP contribution is 2.36. The molecule has 0 bridgehead atoms. The summed E-state index contributed by atoms with van der Waals surface area (Å²) in [6.07, 6.45) is 4.74. The van der Waals surface area contributed by atoms with Gasteiger partial charge in [-0.3, -0.25) is 4.79 Å². The van der Waals surface area contributed by atoms with E-state index in [4.69, 9.17) is 0 Å². The zero-order valence-corrected chi connectivity index (χ0v) is 13.2. The molecule has 21 heavy (non-hydrogen) atoms. The van der Waals surface area contributed by atoms with Crippen molar-refractivity contribution in [2.75, 3.05) is 0 Å². The summed E-state index contributed by atoms with van der Waals surface area (Å²) in [5.41, 5.74) is 4.42. The van der Waals surface area contributed by atoms with Crippen molar-refractivity contribution in [2.24, 2.45) is 5.92 Å². The first-order valence-electron chi connectivity index (χ1n) is 7.70. The Morgan fingerprint density at radius 2 is 2.10 bits per heavy atom. The molecular weight excluding hydrogens is 278 g/mol. The summed E-state index contributed by atoms with van der Waals surface area (Å²) in [7, 11) is 0. The topological polar surface area (TPSA) is 30.0 Å². The summed E-state index contributed by atoms with van der Waals surface area (Å²) in [6.45, 7) is 2.06. The maximum Gasteiger partial charge on any atom is 0.136 e. The Kier molecular flexibility index (Phi) is 4.49. The zero-order valence-electron chi connectivity index (χ0n) is 12.4. The molecule has 0 amide bonds. The number of hydrogen-bond donors (Lipinski definition) is 0. The van der Waals surface area contributed by atoms with E-state index in [1.807, 2.05) is 5.51 Å². The molecule has 1 heterocycles. The second-order valence-electron chi connectivity index (χ2n) is 5.94. The summed E-state index contributed by atoms with van der Waals surface area (Å²) in [6, 6.07) is 10.7. The number of carbonyl (C=O) groups excluding carboxylic acids is 1. The maximum atomic E-state index is 12.2. The van der Waals surface area contributed by atoms with E-state index in [1.54, 1.807) is 11.3 Å². The van der Waals surface area contributed by atoms with Crippen LogP contribution in [-0.4, -0.2) is 10.8 Å². The first kappa shape index (κ1) is 14.5. The highest BCUT2D eigenvalue weighted by Gasteiger charge is 2.29. The second kappa shape index (κ2) is 6.52. The predicted octanol–water partition coefficient (Wildman–Crippen LogP) is 4.54. The fourth-order valence-electron chi connectivity index (χ4n) is 3.29. The van der Waals surface area contributed by atoms with Gasteiger partial charge in [0.05, 0.1) is 11.2 Å². The van der Waals surface area contributed by atoms with Crippen LogP contribution in [0, 0.1) is 12.8 Å². The number of nitrogens with zero attached hydrogens (tertiary/aromatic N) is 1. The van der Waals surface area contributed by atoms with Crippen LogP contribution in [0.1, 0.15) is 47.7 Å². The molecule has 2 nitrogen and oxygen atoms in total. The Hall–Kier alpha value is -1.48.